The van der Waals surface area contributed by atoms with E-state index < -0.39 is 47.2 Å². The number of benzene rings is 1. The van der Waals surface area contributed by atoms with Crippen molar-refractivity contribution in [1.82, 2.24) is 20.9 Å². The number of amides is 6. The fourth-order valence-corrected chi connectivity index (χ4v) is 3.51. The number of ether oxygens (including phenoxy) is 2. The third-order valence-corrected chi connectivity index (χ3v) is 5.75. The molecule has 2 unspecified atom stereocenters. The van der Waals surface area contributed by atoms with E-state index in [9.17, 15) is 33.6 Å². The summed E-state index contributed by atoms with van der Waals surface area (Å²) in [6, 6.07) is 5.66. The van der Waals surface area contributed by atoms with Crippen molar-refractivity contribution in [2.75, 3.05) is 38.2 Å². The molecule has 1 aliphatic rings. The summed E-state index contributed by atoms with van der Waals surface area (Å²) in [6.07, 6.45) is 2.29. The van der Waals surface area contributed by atoms with E-state index in [0.717, 1.165) is 10.5 Å². The van der Waals surface area contributed by atoms with Crippen LogP contribution in [0.4, 0.5) is 10.5 Å². The smallest absolute Gasteiger partial charge is 0.320 e. The molecular formula is C26H34N5O9P. The average molecular weight is 592 g/mol. The number of nitrogens with zero attached hydrogens (tertiary/aromatic N) is 1. The molecule has 0 bridgehead atoms. The average Bonchev–Trinajstić information content (AvgIpc) is 3.25. The van der Waals surface area contributed by atoms with Gasteiger partial charge >= 0.3 is 5.71 Å². The van der Waals surface area contributed by atoms with Crippen LogP contribution in [-0.2, 0) is 44.8 Å². The molecule has 14 nitrogen and oxygen atoms in total. The van der Waals surface area contributed by atoms with E-state index in [-0.39, 0.29) is 51.8 Å². The first-order valence-electron chi connectivity index (χ1n) is 12.7. The Morgan fingerprint density at radius 3 is 2.12 bits per heavy atom. The van der Waals surface area contributed by atoms with E-state index in [0.29, 0.717) is 5.69 Å². The van der Waals surface area contributed by atoms with Gasteiger partial charge in [-0.1, -0.05) is 26.0 Å². The van der Waals surface area contributed by atoms with Gasteiger partial charge in [-0.3, -0.25) is 33.7 Å². The van der Waals surface area contributed by atoms with Crippen LogP contribution >= 0.6 is 9.24 Å². The molecule has 0 radical (unpaired) electrons. The van der Waals surface area contributed by atoms with Gasteiger partial charge in [-0.25, -0.2) is 4.79 Å². The molecule has 1 aromatic rings. The van der Waals surface area contributed by atoms with Crippen LogP contribution in [-0.4, -0.2) is 84.9 Å². The van der Waals surface area contributed by atoms with Crippen molar-refractivity contribution in [2.45, 2.75) is 32.9 Å². The lowest BCUT2D eigenvalue weighted by molar-refractivity contribution is -0.138. The zero-order chi connectivity index (χ0) is 30.4. The normalized spacial score (nSPS) is 13.1. The fraction of sp³-hybridized carbons (Fsp3) is 0.423. The van der Waals surface area contributed by atoms with Crippen LogP contribution in [0.3, 0.4) is 0 Å². The van der Waals surface area contributed by atoms with Crippen LogP contribution in [0.25, 0.3) is 0 Å². The molecule has 1 heterocycles. The van der Waals surface area contributed by atoms with Gasteiger partial charge in [-0.05, 0) is 32.9 Å². The molecule has 0 aliphatic carbocycles. The minimum absolute atomic E-state index is 0.0217. The predicted molar refractivity (Wildman–Crippen MR) is 149 cm³/mol. The third-order valence-electron chi connectivity index (χ3n) is 5.59. The Balaban J connectivity index is 1.66. The Morgan fingerprint density at radius 1 is 0.878 bits per heavy atom. The van der Waals surface area contributed by atoms with Crippen LogP contribution in [0.5, 0.6) is 0 Å². The highest BCUT2D eigenvalue weighted by atomic mass is 31.0. The molecule has 41 heavy (non-hydrogen) atoms. The third kappa shape index (κ3) is 12.3. The topological polar surface area (TPSA) is 189 Å². The Morgan fingerprint density at radius 2 is 1.51 bits per heavy atom. The largest absolute Gasteiger partial charge is 0.458 e. The summed E-state index contributed by atoms with van der Waals surface area (Å²) in [6.45, 7) is 2.99. The molecule has 1 aliphatic heterocycles. The van der Waals surface area contributed by atoms with Gasteiger partial charge in [0.15, 0.2) is 0 Å². The zero-order valence-electron chi connectivity index (χ0n) is 22.8. The summed E-state index contributed by atoms with van der Waals surface area (Å²) < 4.78 is 10.1. The van der Waals surface area contributed by atoms with Crippen molar-refractivity contribution in [2.24, 2.45) is 5.92 Å². The predicted octanol–water partition coefficient (Wildman–Crippen LogP) is -0.158. The quantitative estimate of drug-likeness (QED) is 0.115. The number of nitrogens with one attached hydrogen (secondary N) is 4. The van der Waals surface area contributed by atoms with Crippen molar-refractivity contribution < 1.29 is 43.0 Å². The lowest BCUT2D eigenvalue weighted by Crippen LogP contribution is -2.52. The molecule has 1 aromatic carbocycles. The first kappa shape index (κ1) is 33.0. The minimum Gasteiger partial charge on any atom is -0.458 e. The number of hydrogen-bond acceptors (Lipinski definition) is 9. The van der Waals surface area contributed by atoms with Crippen LogP contribution in [0.1, 0.15) is 25.8 Å². The SMILES string of the molecule is CC(C)C(NC(=O)CNC(=O)CCOCCN1C(=O)C=CC1=O)C(=O)NCC(=O)Nc1ccc(COC(=O)P)cc1. The standard InChI is InChI=1S/C26H34N5O9P/c1-16(2)24(25(37)28-14-20(33)29-18-5-3-17(4-6-18)15-40-26(38)41)30-21(34)13-27-19(32)9-11-39-12-10-31-22(35)7-8-23(31)36/h3-8,16,24H,9-15,41H2,1-2H3,(H,27,32)(H,28,37)(H,29,33)(H,30,34). The van der Waals surface area contributed by atoms with Gasteiger partial charge in [-0.15, -0.1) is 0 Å². The summed E-state index contributed by atoms with van der Waals surface area (Å²) in [5.74, 6) is -3.25. The van der Waals surface area contributed by atoms with Gasteiger partial charge in [0.1, 0.15) is 12.6 Å². The monoisotopic (exact) mass is 591 g/mol. The number of imide groups is 1. The highest BCUT2D eigenvalue weighted by Crippen LogP contribution is 2.11. The van der Waals surface area contributed by atoms with Crippen LogP contribution in [0, 0.1) is 5.92 Å². The lowest BCUT2D eigenvalue weighted by Gasteiger charge is -2.21. The second-order valence-electron chi connectivity index (χ2n) is 9.16. The summed E-state index contributed by atoms with van der Waals surface area (Å²) in [4.78, 5) is 84.0. The van der Waals surface area contributed by atoms with Gasteiger partial charge in [0.2, 0.25) is 23.6 Å². The summed E-state index contributed by atoms with van der Waals surface area (Å²) in [5, 5.41) is 10.1. The maximum atomic E-state index is 12.6. The highest BCUT2D eigenvalue weighted by molar-refractivity contribution is 7.39. The molecular weight excluding hydrogens is 557 g/mol. The molecule has 0 aromatic heterocycles. The Hall–Kier alpha value is -4.16. The number of hydrogen-bond donors (Lipinski definition) is 4. The minimum atomic E-state index is -0.945. The van der Waals surface area contributed by atoms with Crippen LogP contribution < -0.4 is 21.3 Å². The highest BCUT2D eigenvalue weighted by Gasteiger charge is 2.25. The summed E-state index contributed by atoms with van der Waals surface area (Å²) >= 11 is 0. The van der Waals surface area contributed by atoms with E-state index in [1.807, 2.05) is 9.24 Å². The van der Waals surface area contributed by atoms with Crippen molar-refractivity contribution in [3.63, 3.8) is 0 Å². The Labute approximate surface area is 239 Å². The van der Waals surface area contributed by atoms with Gasteiger partial charge < -0.3 is 30.7 Å². The maximum absolute atomic E-state index is 12.6. The molecule has 0 spiro atoms. The van der Waals surface area contributed by atoms with Gasteiger partial charge in [-0.2, -0.15) is 0 Å². The molecule has 15 heteroatoms. The fourth-order valence-electron chi connectivity index (χ4n) is 3.42. The lowest BCUT2D eigenvalue weighted by atomic mass is 10.0. The Bertz CT molecular complexity index is 1150. The molecule has 0 fully saturated rings. The Kier molecular flexibility index (Phi) is 13.6. The van der Waals surface area contributed by atoms with E-state index >= 15 is 0 Å². The van der Waals surface area contributed by atoms with E-state index in [1.165, 1.54) is 12.2 Å². The van der Waals surface area contributed by atoms with E-state index in [2.05, 4.69) is 21.3 Å². The second kappa shape index (κ2) is 16.8. The molecule has 6 amide bonds. The van der Waals surface area contributed by atoms with Crippen molar-refractivity contribution in [3.8, 4) is 0 Å². The van der Waals surface area contributed by atoms with Crippen molar-refractivity contribution in [3.05, 3.63) is 42.0 Å². The van der Waals surface area contributed by atoms with Crippen molar-refractivity contribution in [1.29, 1.82) is 0 Å². The molecule has 2 atom stereocenters. The zero-order valence-corrected chi connectivity index (χ0v) is 23.9. The molecule has 2 rings (SSSR count). The van der Waals surface area contributed by atoms with Crippen LogP contribution in [0.2, 0.25) is 0 Å². The van der Waals surface area contributed by atoms with Crippen molar-refractivity contribution >= 4 is 56.1 Å². The number of carbonyl (C=O) groups is 7. The number of rotatable bonds is 16. The second-order valence-corrected chi connectivity index (χ2v) is 9.63. The number of anilines is 1. The molecule has 0 saturated carbocycles. The van der Waals surface area contributed by atoms with E-state index in [4.69, 9.17) is 9.47 Å². The molecule has 0 saturated heterocycles. The van der Waals surface area contributed by atoms with E-state index in [1.54, 1.807) is 38.1 Å². The first-order valence-corrected chi connectivity index (χ1v) is 13.3. The van der Waals surface area contributed by atoms with Gasteiger partial charge in [0.25, 0.3) is 11.8 Å². The van der Waals surface area contributed by atoms with Crippen LogP contribution in [0.15, 0.2) is 36.4 Å². The summed E-state index contributed by atoms with van der Waals surface area (Å²) in [7, 11) is 1.91. The molecule has 4 N–H and O–H groups in total. The van der Waals surface area contributed by atoms with Gasteiger partial charge in [0, 0.05) is 24.3 Å². The number of carbonyl (C=O) groups excluding carboxylic acids is 7. The maximum Gasteiger partial charge on any atom is 0.320 e. The first-order chi connectivity index (χ1) is 19.5. The summed E-state index contributed by atoms with van der Waals surface area (Å²) in [5.41, 5.74) is 0.730. The van der Waals surface area contributed by atoms with Gasteiger partial charge in [0.05, 0.1) is 32.8 Å². The molecule has 222 valence electrons.